The number of ether oxygens (including phenoxy) is 1. The normalized spacial score (nSPS) is 9.68. The Morgan fingerprint density at radius 2 is 1.74 bits per heavy atom. The van der Waals surface area contributed by atoms with Crippen LogP contribution in [0.4, 0.5) is 5.69 Å². The zero-order chi connectivity index (χ0) is 13.5. The molecule has 1 amide bonds. The fourth-order valence-electron chi connectivity index (χ4n) is 1.65. The van der Waals surface area contributed by atoms with Gasteiger partial charge in [-0.15, -0.1) is 0 Å². The van der Waals surface area contributed by atoms with Crippen LogP contribution in [0.2, 0.25) is 0 Å². The number of amides is 1. The summed E-state index contributed by atoms with van der Waals surface area (Å²) in [6, 6.07) is 16.1. The van der Waals surface area contributed by atoms with Crippen molar-refractivity contribution >= 4 is 18.1 Å². The van der Waals surface area contributed by atoms with Gasteiger partial charge in [0.1, 0.15) is 6.61 Å². The third-order valence-corrected chi connectivity index (χ3v) is 2.57. The van der Waals surface area contributed by atoms with E-state index in [9.17, 15) is 9.59 Å². The SMILES string of the molecule is O=CNc1ccccc1C(=O)OCc1ccccc1. The number of hydrogen-bond donors (Lipinski definition) is 1. The average molecular weight is 255 g/mol. The molecule has 2 aromatic rings. The van der Waals surface area contributed by atoms with Gasteiger partial charge in [0.25, 0.3) is 0 Å². The van der Waals surface area contributed by atoms with Gasteiger partial charge in [0, 0.05) is 0 Å². The van der Waals surface area contributed by atoms with E-state index in [-0.39, 0.29) is 6.61 Å². The third kappa shape index (κ3) is 3.42. The van der Waals surface area contributed by atoms with Gasteiger partial charge in [-0.25, -0.2) is 4.79 Å². The smallest absolute Gasteiger partial charge is 0.340 e. The van der Waals surface area contributed by atoms with Gasteiger partial charge in [-0.05, 0) is 17.7 Å². The van der Waals surface area contributed by atoms with Gasteiger partial charge in [-0.2, -0.15) is 0 Å². The number of carbonyl (C=O) groups is 2. The summed E-state index contributed by atoms with van der Waals surface area (Å²) >= 11 is 0. The highest BCUT2D eigenvalue weighted by Gasteiger charge is 2.11. The Kier molecular flexibility index (Phi) is 4.29. The van der Waals surface area contributed by atoms with Crippen LogP contribution in [0.1, 0.15) is 15.9 Å². The zero-order valence-corrected chi connectivity index (χ0v) is 10.2. The molecule has 0 aliphatic carbocycles. The molecule has 1 N–H and O–H groups in total. The van der Waals surface area contributed by atoms with Crippen LogP contribution >= 0.6 is 0 Å². The lowest BCUT2D eigenvalue weighted by Crippen LogP contribution is -2.09. The molecule has 0 atom stereocenters. The molecule has 0 bridgehead atoms. The second kappa shape index (κ2) is 6.35. The second-order valence-corrected chi connectivity index (χ2v) is 3.87. The highest BCUT2D eigenvalue weighted by molar-refractivity contribution is 5.97. The molecule has 2 rings (SSSR count). The molecule has 19 heavy (non-hydrogen) atoms. The van der Waals surface area contributed by atoms with Crippen LogP contribution in [0, 0.1) is 0 Å². The Balaban J connectivity index is 2.06. The maximum Gasteiger partial charge on any atom is 0.340 e. The van der Waals surface area contributed by atoms with Crippen molar-refractivity contribution in [3.05, 3.63) is 65.7 Å². The number of hydrogen-bond acceptors (Lipinski definition) is 3. The number of anilines is 1. The van der Waals surface area contributed by atoms with E-state index < -0.39 is 5.97 Å². The van der Waals surface area contributed by atoms with Gasteiger partial charge in [-0.1, -0.05) is 42.5 Å². The van der Waals surface area contributed by atoms with Crippen molar-refractivity contribution in [2.45, 2.75) is 6.61 Å². The zero-order valence-electron chi connectivity index (χ0n) is 10.2. The lowest BCUT2D eigenvalue weighted by atomic mass is 10.2. The van der Waals surface area contributed by atoms with Crippen LogP contribution < -0.4 is 5.32 Å². The quantitative estimate of drug-likeness (QED) is 0.660. The molecule has 0 fully saturated rings. The molecule has 0 heterocycles. The van der Waals surface area contributed by atoms with E-state index in [0.717, 1.165) is 5.56 Å². The molecule has 0 aromatic heterocycles. The molecule has 0 saturated carbocycles. The molecular formula is C15H13NO3. The first-order valence-electron chi connectivity index (χ1n) is 5.81. The first kappa shape index (κ1) is 12.8. The molecule has 0 unspecified atom stereocenters. The van der Waals surface area contributed by atoms with Crippen molar-refractivity contribution < 1.29 is 14.3 Å². The Labute approximate surface area is 111 Å². The Hall–Kier alpha value is -2.62. The topological polar surface area (TPSA) is 55.4 Å². The Morgan fingerprint density at radius 1 is 1.05 bits per heavy atom. The summed E-state index contributed by atoms with van der Waals surface area (Å²) < 4.78 is 5.21. The summed E-state index contributed by atoms with van der Waals surface area (Å²) in [5.41, 5.74) is 1.69. The number of rotatable bonds is 5. The molecule has 0 radical (unpaired) electrons. The van der Waals surface area contributed by atoms with Gasteiger partial charge in [0.15, 0.2) is 0 Å². The van der Waals surface area contributed by atoms with Crippen LogP contribution in [-0.4, -0.2) is 12.4 Å². The van der Waals surface area contributed by atoms with Gasteiger partial charge >= 0.3 is 5.97 Å². The summed E-state index contributed by atoms with van der Waals surface area (Å²) in [7, 11) is 0. The summed E-state index contributed by atoms with van der Waals surface area (Å²) in [6.45, 7) is 0.203. The van der Waals surface area contributed by atoms with Crippen LogP contribution in [0.25, 0.3) is 0 Å². The average Bonchev–Trinajstić information content (AvgIpc) is 2.47. The van der Waals surface area contributed by atoms with Gasteiger partial charge in [-0.3, -0.25) is 4.79 Å². The minimum atomic E-state index is -0.464. The van der Waals surface area contributed by atoms with Gasteiger partial charge in [0.05, 0.1) is 11.3 Å². The van der Waals surface area contributed by atoms with E-state index >= 15 is 0 Å². The largest absolute Gasteiger partial charge is 0.457 e. The predicted molar refractivity (Wildman–Crippen MR) is 71.7 cm³/mol. The van der Waals surface area contributed by atoms with Crippen molar-refractivity contribution in [1.82, 2.24) is 0 Å². The molecule has 0 aliphatic rings. The molecule has 0 saturated heterocycles. The minimum Gasteiger partial charge on any atom is -0.457 e. The van der Waals surface area contributed by atoms with Crippen LogP contribution in [0.15, 0.2) is 54.6 Å². The molecule has 96 valence electrons. The fourth-order valence-corrected chi connectivity index (χ4v) is 1.65. The summed E-state index contributed by atoms with van der Waals surface area (Å²) in [6.07, 6.45) is 0.531. The summed E-state index contributed by atoms with van der Waals surface area (Å²) in [5, 5.41) is 2.47. The second-order valence-electron chi connectivity index (χ2n) is 3.87. The number of esters is 1. The highest BCUT2D eigenvalue weighted by atomic mass is 16.5. The first-order valence-corrected chi connectivity index (χ1v) is 5.81. The van der Waals surface area contributed by atoms with E-state index in [0.29, 0.717) is 17.7 Å². The minimum absolute atomic E-state index is 0.203. The number of nitrogens with one attached hydrogen (secondary N) is 1. The Morgan fingerprint density at radius 3 is 2.47 bits per heavy atom. The number of benzene rings is 2. The van der Waals surface area contributed by atoms with Crippen molar-refractivity contribution in [2.75, 3.05) is 5.32 Å². The van der Waals surface area contributed by atoms with Crippen LogP contribution in [-0.2, 0) is 16.1 Å². The van der Waals surface area contributed by atoms with E-state index in [4.69, 9.17) is 4.74 Å². The van der Waals surface area contributed by atoms with Gasteiger partial charge in [0.2, 0.25) is 6.41 Å². The lowest BCUT2D eigenvalue weighted by molar-refractivity contribution is -0.105. The van der Waals surface area contributed by atoms with Crippen LogP contribution in [0.5, 0.6) is 0 Å². The van der Waals surface area contributed by atoms with Gasteiger partial charge < -0.3 is 10.1 Å². The lowest BCUT2D eigenvalue weighted by Gasteiger charge is -2.08. The van der Waals surface area contributed by atoms with E-state index in [1.54, 1.807) is 24.3 Å². The number of para-hydroxylation sites is 1. The maximum absolute atomic E-state index is 11.9. The predicted octanol–water partition coefficient (Wildman–Crippen LogP) is 2.61. The Bertz CT molecular complexity index is 567. The van der Waals surface area contributed by atoms with E-state index in [1.165, 1.54) is 0 Å². The van der Waals surface area contributed by atoms with Crippen LogP contribution in [0.3, 0.4) is 0 Å². The fraction of sp³-hybridized carbons (Fsp3) is 0.0667. The maximum atomic E-state index is 11.9. The molecule has 0 spiro atoms. The first-order chi connectivity index (χ1) is 9.31. The highest BCUT2D eigenvalue weighted by Crippen LogP contribution is 2.16. The molecule has 4 heteroatoms. The van der Waals surface area contributed by atoms with Crippen molar-refractivity contribution in [3.8, 4) is 0 Å². The van der Waals surface area contributed by atoms with E-state index in [2.05, 4.69) is 5.32 Å². The molecular weight excluding hydrogens is 242 g/mol. The summed E-state index contributed by atoms with van der Waals surface area (Å²) in [4.78, 5) is 22.4. The number of carbonyl (C=O) groups excluding carboxylic acids is 2. The molecule has 0 aliphatic heterocycles. The van der Waals surface area contributed by atoms with Crippen molar-refractivity contribution in [3.63, 3.8) is 0 Å². The molecule has 2 aromatic carbocycles. The van der Waals surface area contributed by atoms with Crippen molar-refractivity contribution in [2.24, 2.45) is 0 Å². The standard InChI is InChI=1S/C15H13NO3/c17-11-16-14-9-5-4-8-13(14)15(18)19-10-12-6-2-1-3-7-12/h1-9,11H,10H2,(H,16,17). The third-order valence-electron chi connectivity index (χ3n) is 2.57. The molecule has 4 nitrogen and oxygen atoms in total. The summed E-state index contributed by atoms with van der Waals surface area (Å²) in [5.74, 6) is -0.464. The van der Waals surface area contributed by atoms with E-state index in [1.807, 2.05) is 30.3 Å². The monoisotopic (exact) mass is 255 g/mol. The van der Waals surface area contributed by atoms with Crippen molar-refractivity contribution in [1.29, 1.82) is 0 Å².